The highest BCUT2D eigenvalue weighted by molar-refractivity contribution is 5.54. The second kappa shape index (κ2) is 7.73. The van der Waals surface area contributed by atoms with Gasteiger partial charge in [0.1, 0.15) is 12.1 Å². The van der Waals surface area contributed by atoms with Crippen LogP contribution in [0.15, 0.2) is 12.1 Å². The quantitative estimate of drug-likeness (QED) is 0.777. The molecular formula is C20H29N2O4+. The highest BCUT2D eigenvalue weighted by Gasteiger charge is 2.51. The molecule has 1 aliphatic carbocycles. The van der Waals surface area contributed by atoms with E-state index in [1.807, 2.05) is 12.1 Å². The van der Waals surface area contributed by atoms with Gasteiger partial charge in [-0.2, -0.15) is 5.26 Å². The van der Waals surface area contributed by atoms with Crippen molar-refractivity contribution in [1.82, 2.24) is 0 Å². The molecule has 1 unspecified atom stereocenters. The molecule has 0 bridgehead atoms. The molecule has 0 radical (unpaired) electrons. The zero-order valence-corrected chi connectivity index (χ0v) is 15.9. The van der Waals surface area contributed by atoms with Crippen LogP contribution in [0.2, 0.25) is 0 Å². The lowest BCUT2D eigenvalue weighted by Gasteiger charge is -2.49. The van der Waals surface area contributed by atoms with E-state index in [4.69, 9.17) is 14.2 Å². The third-order valence-electron chi connectivity index (χ3n) is 6.14. The third-order valence-corrected chi connectivity index (χ3v) is 6.14. The second-order valence-corrected chi connectivity index (χ2v) is 7.39. The maximum absolute atomic E-state index is 11.3. The molecule has 1 aromatic carbocycles. The lowest BCUT2D eigenvalue weighted by molar-refractivity contribution is -0.938. The molecule has 3 rings (SSSR count). The van der Waals surface area contributed by atoms with Crippen molar-refractivity contribution in [3.05, 3.63) is 17.7 Å². The van der Waals surface area contributed by atoms with E-state index in [0.29, 0.717) is 23.8 Å². The number of rotatable bonds is 5. The summed E-state index contributed by atoms with van der Waals surface area (Å²) in [6, 6.07) is 6.31. The van der Waals surface area contributed by atoms with Gasteiger partial charge in [-0.25, -0.2) is 0 Å². The number of quaternary nitrogens is 1. The van der Waals surface area contributed by atoms with Crippen LogP contribution in [0.3, 0.4) is 0 Å². The summed E-state index contributed by atoms with van der Waals surface area (Å²) >= 11 is 0. The molecule has 1 heterocycles. The molecule has 1 saturated carbocycles. The maximum atomic E-state index is 11.3. The Bertz CT molecular complexity index is 662. The largest absolute Gasteiger partial charge is 0.493 e. The summed E-state index contributed by atoms with van der Waals surface area (Å²) in [5.41, 5.74) is 0.400. The SMILES string of the molecule is COc1cc([C@@H]2[C@H]3CCCC[C@]3(O)CC[NH+]2CC#N)cc(OC)c1OC. The Balaban J connectivity index is 2.08. The van der Waals surface area contributed by atoms with Crippen molar-refractivity contribution in [2.75, 3.05) is 34.4 Å². The van der Waals surface area contributed by atoms with Gasteiger partial charge in [-0.05, 0) is 25.0 Å². The lowest BCUT2D eigenvalue weighted by atomic mass is 9.66. The number of nitriles is 1. The molecule has 4 atom stereocenters. The molecule has 6 heteroatoms. The fraction of sp³-hybridized carbons (Fsp3) is 0.650. The van der Waals surface area contributed by atoms with Crippen LogP contribution in [0.25, 0.3) is 0 Å². The number of hydrogen-bond acceptors (Lipinski definition) is 5. The van der Waals surface area contributed by atoms with Gasteiger partial charge in [0.2, 0.25) is 5.75 Å². The number of methoxy groups -OCH3 is 3. The molecule has 142 valence electrons. The Kier molecular flexibility index (Phi) is 5.59. The Hall–Kier alpha value is -1.97. The number of piperidine rings is 1. The van der Waals surface area contributed by atoms with E-state index in [9.17, 15) is 10.4 Å². The molecule has 2 fully saturated rings. The van der Waals surface area contributed by atoms with Gasteiger partial charge in [0, 0.05) is 17.9 Å². The number of likely N-dealkylation sites (tertiary alicyclic amines) is 1. The zero-order chi connectivity index (χ0) is 18.7. The van der Waals surface area contributed by atoms with E-state index in [2.05, 4.69) is 6.07 Å². The van der Waals surface area contributed by atoms with E-state index in [1.54, 1.807) is 21.3 Å². The molecular weight excluding hydrogens is 332 g/mol. The van der Waals surface area contributed by atoms with E-state index in [0.717, 1.165) is 44.2 Å². The number of ether oxygens (including phenoxy) is 3. The molecule has 26 heavy (non-hydrogen) atoms. The normalized spacial score (nSPS) is 30.8. The fourth-order valence-corrected chi connectivity index (χ4v) is 4.90. The van der Waals surface area contributed by atoms with Gasteiger partial charge in [0.15, 0.2) is 18.0 Å². The number of fused-ring (bicyclic) bond motifs is 1. The predicted octanol–water partition coefficient (Wildman–Crippen LogP) is 1.49. The number of nitrogens with one attached hydrogen (secondary N) is 1. The topological polar surface area (TPSA) is 76.2 Å². The molecule has 2 N–H and O–H groups in total. The van der Waals surface area contributed by atoms with Crippen molar-refractivity contribution < 1.29 is 24.2 Å². The van der Waals surface area contributed by atoms with Crippen LogP contribution in [-0.4, -0.2) is 45.1 Å². The summed E-state index contributed by atoms with van der Waals surface area (Å²) in [6.45, 7) is 1.22. The molecule has 1 aliphatic heterocycles. The van der Waals surface area contributed by atoms with E-state index in [-0.39, 0.29) is 12.0 Å². The summed E-state index contributed by atoms with van der Waals surface area (Å²) in [6.07, 6.45) is 4.77. The minimum atomic E-state index is -0.637. The van der Waals surface area contributed by atoms with Crippen LogP contribution in [-0.2, 0) is 0 Å². The molecule has 1 aromatic rings. The summed E-state index contributed by atoms with van der Waals surface area (Å²) in [7, 11) is 4.81. The molecule has 1 saturated heterocycles. The molecule has 0 amide bonds. The van der Waals surface area contributed by atoms with Gasteiger partial charge in [0.05, 0.1) is 33.5 Å². The Labute approximate surface area is 155 Å². The Morgan fingerprint density at radius 3 is 2.42 bits per heavy atom. The van der Waals surface area contributed by atoms with E-state index >= 15 is 0 Å². The van der Waals surface area contributed by atoms with Crippen molar-refractivity contribution in [1.29, 1.82) is 5.26 Å². The third kappa shape index (κ3) is 3.22. The average molecular weight is 361 g/mol. The minimum Gasteiger partial charge on any atom is -0.493 e. The van der Waals surface area contributed by atoms with Crippen LogP contribution in [0.5, 0.6) is 17.2 Å². The van der Waals surface area contributed by atoms with Gasteiger partial charge in [-0.3, -0.25) is 0 Å². The standard InChI is InChI=1S/C20H28N2O4/c1-24-16-12-14(13-17(25-2)19(16)26-3)18-15-6-4-5-7-20(15,23)8-10-22(18)11-9-21/h12-13,15,18,23H,4-8,10-11H2,1-3H3/p+1/t15-,18-,20+/m1/s1. The van der Waals surface area contributed by atoms with Crippen molar-refractivity contribution >= 4 is 0 Å². The number of nitrogens with zero attached hydrogens (tertiary/aromatic N) is 1. The van der Waals surface area contributed by atoms with Crippen molar-refractivity contribution in [2.45, 2.75) is 43.7 Å². The van der Waals surface area contributed by atoms with Crippen LogP contribution >= 0.6 is 0 Å². The fourth-order valence-electron chi connectivity index (χ4n) is 4.90. The predicted molar refractivity (Wildman–Crippen MR) is 96.7 cm³/mol. The number of hydrogen-bond donors (Lipinski definition) is 2. The summed E-state index contributed by atoms with van der Waals surface area (Å²) < 4.78 is 16.5. The van der Waals surface area contributed by atoms with Crippen LogP contribution in [0, 0.1) is 17.2 Å². The smallest absolute Gasteiger partial charge is 0.203 e. The number of aliphatic hydroxyl groups is 1. The molecule has 0 spiro atoms. The molecule has 2 aliphatic rings. The summed E-state index contributed by atoms with van der Waals surface area (Å²) in [5, 5.41) is 20.6. The van der Waals surface area contributed by atoms with E-state index in [1.165, 1.54) is 4.90 Å². The van der Waals surface area contributed by atoms with E-state index < -0.39 is 5.60 Å². The summed E-state index contributed by atoms with van der Waals surface area (Å²) in [4.78, 5) is 1.21. The van der Waals surface area contributed by atoms with Gasteiger partial charge >= 0.3 is 0 Å². The highest BCUT2D eigenvalue weighted by atomic mass is 16.5. The lowest BCUT2D eigenvalue weighted by Crippen LogP contribution is -3.15. The van der Waals surface area contributed by atoms with Gasteiger partial charge < -0.3 is 24.2 Å². The monoisotopic (exact) mass is 361 g/mol. The van der Waals surface area contributed by atoms with Gasteiger partial charge in [0.25, 0.3) is 0 Å². The maximum Gasteiger partial charge on any atom is 0.203 e. The molecule has 6 nitrogen and oxygen atoms in total. The second-order valence-electron chi connectivity index (χ2n) is 7.39. The first-order valence-electron chi connectivity index (χ1n) is 9.31. The Morgan fingerprint density at radius 1 is 1.15 bits per heavy atom. The first-order valence-corrected chi connectivity index (χ1v) is 9.31. The first-order chi connectivity index (χ1) is 12.6. The zero-order valence-electron chi connectivity index (χ0n) is 15.9. The Morgan fingerprint density at radius 2 is 1.85 bits per heavy atom. The minimum absolute atomic E-state index is 0.0439. The van der Waals surface area contributed by atoms with Crippen molar-refractivity contribution in [2.24, 2.45) is 5.92 Å². The van der Waals surface area contributed by atoms with Gasteiger partial charge in [-0.1, -0.05) is 12.8 Å². The highest BCUT2D eigenvalue weighted by Crippen LogP contribution is 2.47. The molecule has 0 aromatic heterocycles. The van der Waals surface area contributed by atoms with Crippen LogP contribution in [0.4, 0.5) is 0 Å². The first kappa shape index (κ1) is 18.8. The number of benzene rings is 1. The van der Waals surface area contributed by atoms with Crippen molar-refractivity contribution in [3.8, 4) is 23.3 Å². The summed E-state index contributed by atoms with van der Waals surface area (Å²) in [5.74, 6) is 1.93. The van der Waals surface area contributed by atoms with Crippen LogP contribution < -0.4 is 19.1 Å². The van der Waals surface area contributed by atoms with Gasteiger partial charge in [-0.15, -0.1) is 0 Å². The van der Waals surface area contributed by atoms with Crippen molar-refractivity contribution in [3.63, 3.8) is 0 Å². The van der Waals surface area contributed by atoms with Crippen LogP contribution in [0.1, 0.15) is 43.7 Å². The average Bonchev–Trinajstić information content (AvgIpc) is 2.66.